The summed E-state index contributed by atoms with van der Waals surface area (Å²) in [7, 11) is 0. The predicted octanol–water partition coefficient (Wildman–Crippen LogP) is 1.13. The maximum absolute atomic E-state index is 12.5. The summed E-state index contributed by atoms with van der Waals surface area (Å²) >= 11 is 0. The number of nitrogens with zero attached hydrogens (tertiary/aromatic N) is 1. The molecule has 1 aliphatic rings. The third kappa shape index (κ3) is 3.05. The monoisotopic (exact) mass is 263 g/mol. The second-order valence-corrected chi connectivity index (χ2v) is 5.11. The fourth-order valence-electron chi connectivity index (χ4n) is 2.45. The summed E-state index contributed by atoms with van der Waals surface area (Å²) in [6.07, 6.45) is 1.72. The van der Waals surface area contributed by atoms with E-state index in [1.165, 1.54) is 0 Å². The van der Waals surface area contributed by atoms with Crippen molar-refractivity contribution in [3.05, 3.63) is 29.3 Å². The Morgan fingerprint density at radius 2 is 2.16 bits per heavy atom. The summed E-state index contributed by atoms with van der Waals surface area (Å²) in [5.41, 5.74) is 4.88. The molecule has 0 aromatic heterocycles. The fourth-order valence-corrected chi connectivity index (χ4v) is 2.45. The average molecular weight is 263 g/mol. The lowest BCUT2D eigenvalue weighted by atomic mass is 9.97. The Morgan fingerprint density at radius 3 is 2.74 bits per heavy atom. The van der Waals surface area contributed by atoms with E-state index in [9.17, 15) is 4.79 Å². The second kappa shape index (κ2) is 6.04. The Hall–Kier alpha value is -1.59. The maximum Gasteiger partial charge on any atom is 0.256 e. The van der Waals surface area contributed by atoms with Crippen LogP contribution >= 0.6 is 0 Å². The van der Waals surface area contributed by atoms with Gasteiger partial charge in [0.15, 0.2) is 0 Å². The van der Waals surface area contributed by atoms with Gasteiger partial charge < -0.3 is 15.4 Å². The van der Waals surface area contributed by atoms with Gasteiger partial charge >= 0.3 is 0 Å². The number of amides is 1. The van der Waals surface area contributed by atoms with Crippen LogP contribution in [0.3, 0.4) is 0 Å². The second-order valence-electron chi connectivity index (χ2n) is 5.11. The molecule has 2 rings (SSSR count). The van der Waals surface area contributed by atoms with Crippen molar-refractivity contribution in [1.82, 2.24) is 4.90 Å². The van der Waals surface area contributed by atoms with Gasteiger partial charge in [-0.2, -0.15) is 0 Å². The molecule has 0 bridgehead atoms. The van der Waals surface area contributed by atoms with E-state index in [-0.39, 0.29) is 12.5 Å². The molecular weight excluding hydrogens is 242 g/mol. The van der Waals surface area contributed by atoms with Crippen molar-refractivity contribution in [3.8, 4) is 0 Å². The predicted molar refractivity (Wildman–Crippen MR) is 74.7 cm³/mol. The van der Waals surface area contributed by atoms with E-state index in [0.29, 0.717) is 30.3 Å². The van der Waals surface area contributed by atoms with Crippen LogP contribution in [0.25, 0.3) is 0 Å². The quantitative estimate of drug-likeness (QED) is 0.564. The largest absolute Gasteiger partial charge is 0.396 e. The summed E-state index contributed by atoms with van der Waals surface area (Å²) in [5.74, 6) is 5.79. The number of nitrogen functional groups attached to an aromatic ring is 1. The number of nitrogens with two attached hydrogens (primary N) is 1. The van der Waals surface area contributed by atoms with Crippen LogP contribution in [-0.2, 0) is 0 Å². The Bertz CT molecular complexity index is 454. The minimum Gasteiger partial charge on any atom is -0.396 e. The highest BCUT2D eigenvalue weighted by molar-refractivity contribution is 5.99. The molecule has 1 fully saturated rings. The number of nitrogens with one attached hydrogen (secondary N) is 1. The maximum atomic E-state index is 12.5. The fraction of sp³-hybridized carbons (Fsp3) is 0.500. The highest BCUT2D eigenvalue weighted by Gasteiger charge is 2.24. The number of aryl methyl sites for hydroxylation is 1. The smallest absolute Gasteiger partial charge is 0.256 e. The first-order chi connectivity index (χ1) is 9.15. The van der Waals surface area contributed by atoms with Crippen LogP contribution in [-0.4, -0.2) is 35.6 Å². The first kappa shape index (κ1) is 13.8. The minimum atomic E-state index is 0.00744. The number of rotatable bonds is 3. The van der Waals surface area contributed by atoms with Crippen molar-refractivity contribution in [3.63, 3.8) is 0 Å². The Morgan fingerprint density at radius 1 is 1.47 bits per heavy atom. The number of benzene rings is 1. The number of aliphatic hydroxyl groups is 1. The van der Waals surface area contributed by atoms with E-state index in [4.69, 9.17) is 10.9 Å². The molecule has 1 saturated heterocycles. The zero-order chi connectivity index (χ0) is 13.8. The van der Waals surface area contributed by atoms with Gasteiger partial charge in [-0.05, 0) is 37.8 Å². The van der Waals surface area contributed by atoms with Gasteiger partial charge in [0.05, 0.1) is 11.3 Å². The van der Waals surface area contributed by atoms with Crippen LogP contribution in [0.2, 0.25) is 0 Å². The zero-order valence-corrected chi connectivity index (χ0v) is 11.2. The molecule has 0 unspecified atom stereocenters. The SMILES string of the molecule is Cc1ccc(NN)c(C(=O)N2CCC(CO)CC2)c1. The standard InChI is InChI=1S/C14H21N3O2/c1-10-2-3-13(16-15)12(8-10)14(19)17-6-4-11(9-18)5-7-17/h2-3,8,11,16,18H,4-7,9,15H2,1H3. The van der Waals surface area contributed by atoms with Crippen LogP contribution in [0.15, 0.2) is 18.2 Å². The number of hydrazine groups is 1. The minimum absolute atomic E-state index is 0.00744. The average Bonchev–Trinajstić information content (AvgIpc) is 2.46. The van der Waals surface area contributed by atoms with Gasteiger partial charge in [0.2, 0.25) is 0 Å². The third-order valence-electron chi connectivity index (χ3n) is 3.72. The Kier molecular flexibility index (Phi) is 4.39. The van der Waals surface area contributed by atoms with Crippen molar-refractivity contribution in [2.75, 3.05) is 25.1 Å². The van der Waals surface area contributed by atoms with Gasteiger partial charge in [-0.1, -0.05) is 11.6 Å². The van der Waals surface area contributed by atoms with Gasteiger partial charge in [-0.25, -0.2) is 0 Å². The van der Waals surface area contributed by atoms with Crippen LogP contribution in [0.4, 0.5) is 5.69 Å². The van der Waals surface area contributed by atoms with Crippen LogP contribution in [0.1, 0.15) is 28.8 Å². The van der Waals surface area contributed by atoms with Gasteiger partial charge in [0.25, 0.3) is 5.91 Å². The van der Waals surface area contributed by atoms with Crippen LogP contribution in [0, 0.1) is 12.8 Å². The lowest BCUT2D eigenvalue weighted by Crippen LogP contribution is -2.39. The van der Waals surface area contributed by atoms with Crippen molar-refractivity contribution in [2.45, 2.75) is 19.8 Å². The van der Waals surface area contributed by atoms with E-state index in [0.717, 1.165) is 18.4 Å². The van der Waals surface area contributed by atoms with Crippen LogP contribution in [0.5, 0.6) is 0 Å². The number of hydrogen-bond acceptors (Lipinski definition) is 4. The molecule has 1 amide bonds. The summed E-state index contributed by atoms with van der Waals surface area (Å²) < 4.78 is 0. The highest BCUT2D eigenvalue weighted by atomic mass is 16.3. The third-order valence-corrected chi connectivity index (χ3v) is 3.72. The molecule has 0 spiro atoms. The number of aliphatic hydroxyl groups excluding tert-OH is 1. The Balaban J connectivity index is 2.14. The first-order valence-electron chi connectivity index (χ1n) is 6.63. The van der Waals surface area contributed by atoms with Crippen molar-refractivity contribution in [2.24, 2.45) is 11.8 Å². The lowest BCUT2D eigenvalue weighted by Gasteiger charge is -2.31. The van der Waals surface area contributed by atoms with Gasteiger partial charge in [0.1, 0.15) is 0 Å². The summed E-state index contributed by atoms with van der Waals surface area (Å²) in [4.78, 5) is 14.3. The summed E-state index contributed by atoms with van der Waals surface area (Å²) in [5, 5.41) is 9.12. The Labute approximate surface area is 113 Å². The van der Waals surface area contributed by atoms with Crippen molar-refractivity contribution < 1.29 is 9.90 Å². The molecule has 1 aliphatic heterocycles. The van der Waals surface area contributed by atoms with Crippen molar-refractivity contribution in [1.29, 1.82) is 0 Å². The molecule has 1 heterocycles. The molecular formula is C14H21N3O2. The number of anilines is 1. The van der Waals surface area contributed by atoms with Gasteiger partial charge in [-0.15, -0.1) is 0 Å². The zero-order valence-electron chi connectivity index (χ0n) is 11.2. The van der Waals surface area contributed by atoms with Crippen LogP contribution < -0.4 is 11.3 Å². The van der Waals surface area contributed by atoms with Crippen molar-refractivity contribution >= 4 is 11.6 Å². The summed E-state index contributed by atoms with van der Waals surface area (Å²) in [6, 6.07) is 5.60. The van der Waals surface area contributed by atoms with E-state index < -0.39 is 0 Å². The molecule has 5 nitrogen and oxygen atoms in total. The molecule has 19 heavy (non-hydrogen) atoms. The lowest BCUT2D eigenvalue weighted by molar-refractivity contribution is 0.0651. The topological polar surface area (TPSA) is 78.6 Å². The van der Waals surface area contributed by atoms with Gasteiger partial charge in [-0.3, -0.25) is 10.6 Å². The highest BCUT2D eigenvalue weighted by Crippen LogP contribution is 2.22. The first-order valence-corrected chi connectivity index (χ1v) is 6.63. The van der Waals surface area contributed by atoms with E-state index in [1.807, 2.05) is 30.0 Å². The van der Waals surface area contributed by atoms with E-state index >= 15 is 0 Å². The molecule has 104 valence electrons. The molecule has 0 saturated carbocycles. The van der Waals surface area contributed by atoms with Gasteiger partial charge in [0, 0.05) is 19.7 Å². The molecule has 5 heteroatoms. The number of likely N-dealkylation sites (tertiary alicyclic amines) is 1. The molecule has 0 aliphatic carbocycles. The normalized spacial score (nSPS) is 16.5. The number of hydrogen-bond donors (Lipinski definition) is 3. The summed E-state index contributed by atoms with van der Waals surface area (Å²) in [6.45, 7) is 3.56. The molecule has 0 atom stereocenters. The number of carbonyl (C=O) groups is 1. The number of carbonyl (C=O) groups excluding carboxylic acids is 1. The molecule has 1 aromatic rings. The molecule has 1 aromatic carbocycles. The van der Waals surface area contributed by atoms with E-state index in [2.05, 4.69) is 5.43 Å². The van der Waals surface area contributed by atoms with E-state index in [1.54, 1.807) is 0 Å². The molecule has 0 radical (unpaired) electrons. The molecule has 4 N–H and O–H groups in total. The number of piperidine rings is 1.